The van der Waals surface area contributed by atoms with E-state index in [0.29, 0.717) is 11.8 Å². The van der Waals surface area contributed by atoms with Crippen LogP contribution in [0.2, 0.25) is 0 Å². The standard InChI is InChI=1S/C64H71N3/c1-11-22-52(13-3)67(53-24-15-14-16-25-53)64(9,10)51-37-35-50(36-38-51)63(7,8)66(46(6)48-33-31-47(32-34-48)45(5)65)54-26-21-23-49(43-54)56-40-42-62(60-30-20-18-28-58(56)60)61-41-39-55(44(4)12-2)57-27-17-19-29-59(57)61/h11-15,17-24,26-43,45-46,57-60H,1,3,16,25,65H2,2,4-10H3/b44-12+,52-22+. The molecule has 0 saturated carbocycles. The molecule has 0 saturated heterocycles. The molecule has 6 unspecified atom stereocenters. The number of benzene rings is 3. The molecule has 3 aromatic rings. The average Bonchev–Trinajstić information content (AvgIpc) is 3.35. The minimum absolute atomic E-state index is 0.0260. The lowest BCUT2D eigenvalue weighted by molar-refractivity contribution is 0.215. The van der Waals surface area contributed by atoms with E-state index in [1.807, 2.05) is 19.1 Å². The molecule has 5 aliphatic carbocycles. The van der Waals surface area contributed by atoms with Gasteiger partial charge in [-0.15, -0.1) is 0 Å². The van der Waals surface area contributed by atoms with Crippen molar-refractivity contribution in [2.75, 3.05) is 4.90 Å². The summed E-state index contributed by atoms with van der Waals surface area (Å²) in [5, 5.41) is 0. The molecule has 0 spiro atoms. The lowest BCUT2D eigenvalue weighted by Crippen LogP contribution is -2.44. The maximum absolute atomic E-state index is 6.35. The molecule has 0 bridgehead atoms. The minimum Gasteiger partial charge on any atom is -0.356 e. The molecule has 8 rings (SSSR count). The summed E-state index contributed by atoms with van der Waals surface area (Å²) in [6.45, 7) is 26.4. The first kappa shape index (κ1) is 47.1. The summed E-state index contributed by atoms with van der Waals surface area (Å²) in [5.41, 5.74) is 22.1. The Balaban J connectivity index is 1.19. The maximum Gasteiger partial charge on any atom is 0.0643 e. The molecule has 3 heteroatoms. The Bertz CT molecular complexity index is 2740. The Morgan fingerprint density at radius 2 is 1.25 bits per heavy atom. The Hall–Kier alpha value is -6.42. The summed E-state index contributed by atoms with van der Waals surface area (Å²) < 4.78 is 0. The van der Waals surface area contributed by atoms with Gasteiger partial charge in [0, 0.05) is 46.8 Å². The highest BCUT2D eigenvalue weighted by atomic mass is 15.2. The Labute approximate surface area is 403 Å². The fourth-order valence-electron chi connectivity index (χ4n) is 11.3. The molecule has 0 fully saturated rings. The van der Waals surface area contributed by atoms with E-state index in [1.165, 1.54) is 61.5 Å². The molecular formula is C64H71N3. The predicted molar refractivity (Wildman–Crippen MR) is 288 cm³/mol. The van der Waals surface area contributed by atoms with Crippen LogP contribution in [-0.4, -0.2) is 4.90 Å². The third kappa shape index (κ3) is 9.19. The van der Waals surface area contributed by atoms with Gasteiger partial charge in [-0.05, 0) is 149 Å². The number of rotatable bonds is 15. The van der Waals surface area contributed by atoms with E-state index in [1.54, 1.807) is 0 Å². The van der Waals surface area contributed by atoms with E-state index < -0.39 is 5.54 Å². The van der Waals surface area contributed by atoms with Crippen molar-refractivity contribution >= 4 is 11.3 Å². The summed E-state index contributed by atoms with van der Waals surface area (Å²) in [6.07, 6.45) is 44.9. The van der Waals surface area contributed by atoms with Gasteiger partial charge >= 0.3 is 0 Å². The van der Waals surface area contributed by atoms with Gasteiger partial charge in [0.2, 0.25) is 0 Å². The topological polar surface area (TPSA) is 32.5 Å². The van der Waals surface area contributed by atoms with Crippen molar-refractivity contribution in [2.24, 2.45) is 29.4 Å². The van der Waals surface area contributed by atoms with Crippen LogP contribution in [0.1, 0.15) is 108 Å². The van der Waals surface area contributed by atoms with Crippen molar-refractivity contribution in [1.29, 1.82) is 0 Å². The van der Waals surface area contributed by atoms with Crippen LogP contribution < -0.4 is 10.6 Å². The predicted octanol–water partition coefficient (Wildman–Crippen LogP) is 16.1. The molecule has 6 atom stereocenters. The van der Waals surface area contributed by atoms with Crippen LogP contribution >= 0.6 is 0 Å². The van der Waals surface area contributed by atoms with E-state index in [9.17, 15) is 0 Å². The molecule has 342 valence electrons. The number of allylic oxidation sites excluding steroid dienone is 25. The quantitative estimate of drug-likeness (QED) is 0.154. The third-order valence-electron chi connectivity index (χ3n) is 15.1. The van der Waals surface area contributed by atoms with Crippen molar-refractivity contribution in [1.82, 2.24) is 4.90 Å². The molecule has 0 aliphatic heterocycles. The van der Waals surface area contributed by atoms with Crippen molar-refractivity contribution in [3.05, 3.63) is 263 Å². The van der Waals surface area contributed by atoms with Crippen LogP contribution in [-0.2, 0) is 11.1 Å². The number of hydrogen-bond donors (Lipinski definition) is 1. The monoisotopic (exact) mass is 882 g/mol. The Morgan fingerprint density at radius 1 is 0.687 bits per heavy atom. The fourth-order valence-corrected chi connectivity index (χ4v) is 11.3. The summed E-state index contributed by atoms with van der Waals surface area (Å²) in [6, 6.07) is 27.6. The highest BCUT2D eigenvalue weighted by Crippen LogP contribution is 2.50. The Kier molecular flexibility index (Phi) is 13.9. The summed E-state index contributed by atoms with van der Waals surface area (Å²) in [5.74, 6) is 1.12. The van der Waals surface area contributed by atoms with Gasteiger partial charge in [0.25, 0.3) is 0 Å². The van der Waals surface area contributed by atoms with Crippen LogP contribution in [0.5, 0.6) is 0 Å². The SMILES string of the molecule is C=C/C=C(\C=C)N(C1=CC=CCC1)C(C)(C)c1ccc(C(C)(C)N(c2cccc(C3=CC=C(C4=CC=C(/C(C)=C/C)C5C=CC=CC45)C4C=CC=CC34)c2)C(C)c2ccc(C(C)N)cc2)cc1. The first-order chi connectivity index (χ1) is 32.3. The van der Waals surface area contributed by atoms with Crippen molar-refractivity contribution in [2.45, 2.75) is 91.4 Å². The van der Waals surface area contributed by atoms with Crippen molar-refractivity contribution in [3.63, 3.8) is 0 Å². The number of nitrogens with two attached hydrogens (primary N) is 1. The zero-order valence-corrected chi connectivity index (χ0v) is 41.2. The molecule has 0 amide bonds. The molecule has 0 heterocycles. The smallest absolute Gasteiger partial charge is 0.0643 e. The lowest BCUT2D eigenvalue weighted by Gasteiger charge is -2.46. The van der Waals surface area contributed by atoms with Crippen LogP contribution in [0.3, 0.4) is 0 Å². The van der Waals surface area contributed by atoms with Gasteiger partial charge in [0.05, 0.1) is 17.1 Å². The van der Waals surface area contributed by atoms with Crippen LogP contribution in [0.15, 0.2) is 235 Å². The first-order valence-corrected chi connectivity index (χ1v) is 24.4. The molecule has 3 nitrogen and oxygen atoms in total. The minimum atomic E-state index is -0.417. The van der Waals surface area contributed by atoms with E-state index in [4.69, 9.17) is 5.73 Å². The van der Waals surface area contributed by atoms with Gasteiger partial charge in [-0.1, -0.05) is 177 Å². The van der Waals surface area contributed by atoms with Gasteiger partial charge in [-0.3, -0.25) is 0 Å². The fraction of sp³-hybridized carbons (Fsp3) is 0.281. The van der Waals surface area contributed by atoms with E-state index >= 15 is 0 Å². The molecule has 5 aliphatic rings. The second-order valence-electron chi connectivity index (χ2n) is 19.8. The van der Waals surface area contributed by atoms with Gasteiger partial charge < -0.3 is 15.5 Å². The Morgan fingerprint density at radius 3 is 1.84 bits per heavy atom. The second kappa shape index (κ2) is 19.8. The number of nitrogens with zero attached hydrogens (tertiary/aromatic N) is 2. The maximum atomic E-state index is 6.35. The number of hydrogen-bond acceptors (Lipinski definition) is 3. The average molecular weight is 882 g/mol. The second-order valence-corrected chi connectivity index (χ2v) is 19.8. The lowest BCUT2D eigenvalue weighted by atomic mass is 9.65. The zero-order chi connectivity index (χ0) is 47.5. The molecule has 67 heavy (non-hydrogen) atoms. The van der Waals surface area contributed by atoms with Gasteiger partial charge in [-0.2, -0.15) is 0 Å². The van der Waals surface area contributed by atoms with Crippen LogP contribution in [0, 0.1) is 23.7 Å². The zero-order valence-electron chi connectivity index (χ0n) is 41.2. The highest BCUT2D eigenvalue weighted by Gasteiger charge is 2.39. The van der Waals surface area contributed by atoms with Gasteiger partial charge in [0.1, 0.15) is 0 Å². The van der Waals surface area contributed by atoms with Crippen molar-refractivity contribution in [3.8, 4) is 0 Å². The van der Waals surface area contributed by atoms with E-state index in [2.05, 4.69) is 248 Å². The number of fused-ring (bicyclic) bond motifs is 2. The molecule has 0 radical (unpaired) electrons. The number of anilines is 1. The normalized spacial score (nSPS) is 22.3. The summed E-state index contributed by atoms with van der Waals surface area (Å²) in [4.78, 5) is 5.06. The summed E-state index contributed by atoms with van der Waals surface area (Å²) >= 11 is 0. The summed E-state index contributed by atoms with van der Waals surface area (Å²) in [7, 11) is 0. The molecule has 0 aromatic heterocycles. The molecule has 2 N–H and O–H groups in total. The van der Waals surface area contributed by atoms with E-state index in [0.717, 1.165) is 24.1 Å². The van der Waals surface area contributed by atoms with Crippen LogP contribution in [0.4, 0.5) is 5.69 Å². The largest absolute Gasteiger partial charge is 0.356 e. The molecule has 3 aromatic carbocycles. The molecular weight excluding hydrogens is 811 g/mol. The van der Waals surface area contributed by atoms with Crippen LogP contribution in [0.25, 0.3) is 5.57 Å². The van der Waals surface area contributed by atoms with Crippen molar-refractivity contribution < 1.29 is 0 Å². The third-order valence-corrected chi connectivity index (χ3v) is 15.1. The first-order valence-electron chi connectivity index (χ1n) is 24.4. The highest BCUT2D eigenvalue weighted by molar-refractivity contribution is 5.77. The van der Waals surface area contributed by atoms with E-state index in [-0.39, 0.29) is 29.5 Å². The van der Waals surface area contributed by atoms with Gasteiger partial charge in [0.15, 0.2) is 0 Å². The van der Waals surface area contributed by atoms with Gasteiger partial charge in [-0.25, -0.2) is 0 Å².